The zero-order valence-electron chi connectivity index (χ0n) is 11.8. The molecule has 22 heavy (non-hydrogen) atoms. The summed E-state index contributed by atoms with van der Waals surface area (Å²) in [6.07, 6.45) is 1.56. The van der Waals surface area contributed by atoms with E-state index >= 15 is 0 Å². The predicted molar refractivity (Wildman–Crippen MR) is 88.9 cm³/mol. The highest BCUT2D eigenvalue weighted by Crippen LogP contribution is 2.16. The third-order valence-corrected chi connectivity index (χ3v) is 4.21. The van der Waals surface area contributed by atoms with Gasteiger partial charge in [0.15, 0.2) is 0 Å². The number of amides is 2. The molecule has 1 fully saturated rings. The first-order valence-corrected chi connectivity index (χ1v) is 7.89. The fourth-order valence-corrected chi connectivity index (χ4v) is 2.90. The van der Waals surface area contributed by atoms with Crippen molar-refractivity contribution in [1.29, 1.82) is 5.26 Å². The van der Waals surface area contributed by atoms with Crippen molar-refractivity contribution in [3.05, 3.63) is 32.9 Å². The summed E-state index contributed by atoms with van der Waals surface area (Å²) in [5.41, 5.74) is 0.530. The maximum absolute atomic E-state index is 12.2. The first kappa shape index (κ1) is 16.8. The number of nitrogens with one attached hydrogen (secondary N) is 1. The zero-order valence-corrected chi connectivity index (χ0v) is 13.9. The van der Waals surface area contributed by atoms with E-state index in [4.69, 9.17) is 10.3 Å². The number of benzene rings is 1. The number of rotatable bonds is 4. The van der Waals surface area contributed by atoms with Gasteiger partial charge in [0.2, 0.25) is 5.91 Å². The van der Waals surface area contributed by atoms with E-state index in [-0.39, 0.29) is 29.5 Å². The van der Waals surface area contributed by atoms with Crippen molar-refractivity contribution < 1.29 is 14.6 Å². The predicted octanol–water partition coefficient (Wildman–Crippen LogP) is 0.453. The Hall–Kier alpha value is -1.60. The van der Waals surface area contributed by atoms with Crippen LogP contribution in [0.15, 0.2) is 18.2 Å². The number of hydrogen-bond acceptors (Lipinski definition) is 4. The molecule has 0 spiro atoms. The van der Waals surface area contributed by atoms with Crippen LogP contribution in [-0.4, -0.2) is 48.3 Å². The van der Waals surface area contributed by atoms with Crippen molar-refractivity contribution in [2.45, 2.75) is 18.8 Å². The van der Waals surface area contributed by atoms with E-state index in [1.54, 1.807) is 23.1 Å². The summed E-state index contributed by atoms with van der Waals surface area (Å²) in [7, 11) is 1.01. The van der Waals surface area contributed by atoms with Gasteiger partial charge < -0.3 is 15.2 Å². The Kier molecular flexibility index (Phi) is 5.79. The van der Waals surface area contributed by atoms with E-state index in [2.05, 4.69) is 27.9 Å². The first-order valence-electron chi connectivity index (χ1n) is 6.81. The summed E-state index contributed by atoms with van der Waals surface area (Å²) in [5, 5.41) is 20.7. The smallest absolute Gasteiger partial charge is 0.312 e. The second kappa shape index (κ2) is 7.60. The fraction of sp³-hybridized carbons (Fsp3) is 0.357. The molecule has 2 N–H and O–H groups in total. The lowest BCUT2D eigenvalue weighted by Crippen LogP contribution is -2.44. The van der Waals surface area contributed by atoms with Crippen LogP contribution in [0.2, 0.25) is 0 Å². The van der Waals surface area contributed by atoms with Gasteiger partial charge in [-0.05, 0) is 53.6 Å². The molecule has 1 unspecified atom stereocenters. The molecule has 1 aromatic carbocycles. The van der Waals surface area contributed by atoms with E-state index < -0.39 is 5.91 Å². The molecule has 1 radical (unpaired) electrons. The van der Waals surface area contributed by atoms with E-state index in [0.717, 1.165) is 23.9 Å². The zero-order chi connectivity index (χ0) is 16.1. The van der Waals surface area contributed by atoms with Gasteiger partial charge >= 0.3 is 7.48 Å². The molecule has 1 aromatic rings. The summed E-state index contributed by atoms with van der Waals surface area (Å²) in [4.78, 5) is 25.8. The highest BCUT2D eigenvalue weighted by molar-refractivity contribution is 14.1. The molecule has 1 aliphatic rings. The molecular weight excluding hydrogens is 396 g/mol. The van der Waals surface area contributed by atoms with Crippen LogP contribution in [0.25, 0.3) is 0 Å². The number of hydrogen-bond donors (Lipinski definition) is 2. The normalized spacial score (nSPS) is 17.0. The Labute approximate surface area is 142 Å². The summed E-state index contributed by atoms with van der Waals surface area (Å²) in [6.45, 7) is 0.419. The van der Waals surface area contributed by atoms with Gasteiger partial charge in [-0.25, -0.2) is 0 Å². The topological polar surface area (TPSA) is 93.4 Å². The van der Waals surface area contributed by atoms with Crippen molar-refractivity contribution in [3.8, 4) is 6.07 Å². The molecule has 0 aromatic heterocycles. The number of carbonyl (C=O) groups excluding carboxylic acids is 2. The summed E-state index contributed by atoms with van der Waals surface area (Å²) >= 11 is 2.06. The van der Waals surface area contributed by atoms with Gasteiger partial charge in [-0.2, -0.15) is 5.26 Å². The van der Waals surface area contributed by atoms with E-state index in [1.807, 2.05) is 6.07 Å². The number of halogens is 1. The third-order valence-electron chi connectivity index (χ3n) is 3.54. The Morgan fingerprint density at radius 1 is 1.55 bits per heavy atom. The fourth-order valence-electron chi connectivity index (χ4n) is 2.41. The van der Waals surface area contributed by atoms with Crippen LogP contribution < -0.4 is 5.32 Å². The number of carbonyl (C=O) groups is 2. The number of nitrogens with zero attached hydrogens (tertiary/aromatic N) is 2. The Bertz CT molecular complexity index is 632. The molecule has 2 amide bonds. The quantitative estimate of drug-likeness (QED) is 0.557. The van der Waals surface area contributed by atoms with Gasteiger partial charge in [-0.3, -0.25) is 9.59 Å². The summed E-state index contributed by atoms with van der Waals surface area (Å²) < 4.78 is 0.836. The lowest BCUT2D eigenvalue weighted by molar-refractivity contribution is -0.129. The molecule has 0 saturated carbocycles. The highest BCUT2D eigenvalue weighted by atomic mass is 127. The maximum atomic E-state index is 12.2. The molecule has 113 valence electrons. The van der Waals surface area contributed by atoms with Gasteiger partial charge in [0, 0.05) is 16.1 Å². The van der Waals surface area contributed by atoms with Crippen molar-refractivity contribution in [1.82, 2.24) is 10.2 Å². The van der Waals surface area contributed by atoms with Crippen molar-refractivity contribution in [2.24, 2.45) is 0 Å². The van der Waals surface area contributed by atoms with Crippen LogP contribution in [0, 0.1) is 14.9 Å². The van der Waals surface area contributed by atoms with Crippen LogP contribution in [0.1, 0.15) is 28.8 Å². The molecule has 0 aliphatic carbocycles. The average molecular weight is 410 g/mol. The van der Waals surface area contributed by atoms with E-state index in [0.29, 0.717) is 6.54 Å². The molecular formula is C14H14BIN3O3. The molecule has 6 nitrogen and oxygen atoms in total. The van der Waals surface area contributed by atoms with Crippen LogP contribution in [0.4, 0.5) is 0 Å². The van der Waals surface area contributed by atoms with Crippen molar-refractivity contribution in [2.75, 3.05) is 13.1 Å². The second-order valence-corrected chi connectivity index (χ2v) is 6.18. The molecule has 0 bridgehead atoms. The average Bonchev–Trinajstić information content (AvgIpc) is 3.00. The monoisotopic (exact) mass is 410 g/mol. The van der Waals surface area contributed by atoms with Gasteiger partial charge in [0.1, 0.15) is 0 Å². The van der Waals surface area contributed by atoms with E-state index in [9.17, 15) is 9.59 Å². The SMILES string of the molecule is N#Cc1ccc(I)cc1C(=O)NCC(=O)N1CCCC1[B]O. The highest BCUT2D eigenvalue weighted by Gasteiger charge is 2.29. The Balaban J connectivity index is 2.00. The minimum Gasteiger partial charge on any atom is -0.452 e. The molecule has 1 saturated heterocycles. The molecule has 1 aliphatic heterocycles. The summed E-state index contributed by atoms with van der Waals surface area (Å²) in [5.74, 6) is -0.978. The van der Waals surface area contributed by atoms with Crippen LogP contribution in [0.3, 0.4) is 0 Å². The van der Waals surface area contributed by atoms with Crippen molar-refractivity contribution in [3.63, 3.8) is 0 Å². The minimum atomic E-state index is -0.452. The molecule has 2 rings (SSSR count). The lowest BCUT2D eigenvalue weighted by atomic mass is 9.86. The third kappa shape index (κ3) is 3.78. The summed E-state index contributed by atoms with van der Waals surface area (Å²) in [6, 6.07) is 6.90. The first-order chi connectivity index (χ1) is 10.6. The van der Waals surface area contributed by atoms with Crippen LogP contribution in [0.5, 0.6) is 0 Å². The van der Waals surface area contributed by atoms with Crippen LogP contribution in [-0.2, 0) is 4.79 Å². The Morgan fingerprint density at radius 3 is 3.00 bits per heavy atom. The van der Waals surface area contributed by atoms with Gasteiger partial charge in [-0.15, -0.1) is 0 Å². The standard InChI is InChI=1S/C14H14BIN3O3/c16-10-4-3-9(7-17)11(6-10)14(21)18-8-13(20)19-5-1-2-12(19)15-22/h3-4,6,12,22H,1-2,5,8H2,(H,18,21). The Morgan fingerprint density at radius 2 is 2.32 bits per heavy atom. The van der Waals surface area contributed by atoms with Crippen LogP contribution >= 0.6 is 22.6 Å². The van der Waals surface area contributed by atoms with Gasteiger partial charge in [-0.1, -0.05) is 0 Å². The molecule has 1 atom stereocenters. The van der Waals surface area contributed by atoms with Gasteiger partial charge in [0.05, 0.1) is 23.7 Å². The second-order valence-electron chi connectivity index (χ2n) is 4.93. The largest absolute Gasteiger partial charge is 0.452 e. The van der Waals surface area contributed by atoms with E-state index in [1.165, 1.54) is 0 Å². The van der Waals surface area contributed by atoms with Gasteiger partial charge in [0.25, 0.3) is 5.91 Å². The maximum Gasteiger partial charge on any atom is 0.312 e. The number of likely N-dealkylation sites (tertiary alicyclic amines) is 1. The molecule has 8 heteroatoms. The minimum absolute atomic E-state index is 0.153. The lowest BCUT2D eigenvalue weighted by Gasteiger charge is -2.22. The van der Waals surface area contributed by atoms with Crippen molar-refractivity contribution >= 4 is 41.9 Å². The molecule has 1 heterocycles. The number of nitriles is 1.